The average molecular weight is 800 g/mol. The Morgan fingerprint density at radius 1 is 0.964 bits per heavy atom. The SMILES string of the molecule is COc1ccc(N2Sc3cc(Cl)ccc3[C@@](CCCN3CCN(c4ccccc4OC)CC3)([C@H](C(=O)O)C(O)(CC(=O)O)C(=O)O)C(=O)[C@H]2OC(C)=O)cc1. The van der Waals surface area contributed by atoms with Crippen molar-refractivity contribution in [3.63, 3.8) is 0 Å². The van der Waals surface area contributed by atoms with Gasteiger partial charge in [-0.15, -0.1) is 0 Å². The number of esters is 1. The molecule has 2 aliphatic heterocycles. The minimum atomic E-state index is -3.52. The Balaban J connectivity index is 1.64. The molecule has 15 nitrogen and oxygen atoms in total. The molecule has 3 aromatic carbocycles. The summed E-state index contributed by atoms with van der Waals surface area (Å²) >= 11 is 7.36. The molecule has 294 valence electrons. The van der Waals surface area contributed by atoms with Gasteiger partial charge in [0.15, 0.2) is 5.60 Å². The molecule has 3 aromatic rings. The van der Waals surface area contributed by atoms with Crippen molar-refractivity contribution in [3.05, 3.63) is 77.3 Å². The first-order chi connectivity index (χ1) is 26.2. The van der Waals surface area contributed by atoms with E-state index in [2.05, 4.69) is 9.80 Å². The van der Waals surface area contributed by atoms with Crippen LogP contribution in [-0.4, -0.2) is 114 Å². The molecular weight excluding hydrogens is 758 g/mol. The Bertz CT molecular complexity index is 1920. The molecule has 5 rings (SSSR count). The zero-order chi connectivity index (χ0) is 40.1. The van der Waals surface area contributed by atoms with Gasteiger partial charge in [0.05, 0.1) is 37.4 Å². The number of benzene rings is 3. The van der Waals surface area contributed by atoms with Gasteiger partial charge in [0.1, 0.15) is 17.4 Å². The van der Waals surface area contributed by atoms with Gasteiger partial charge in [-0.2, -0.15) is 0 Å². The lowest BCUT2D eigenvalue weighted by atomic mass is 9.58. The molecule has 17 heteroatoms. The maximum atomic E-state index is 15.5. The third kappa shape index (κ3) is 8.47. The number of Topliss-reactive ketones (excluding diaryl/α,β-unsaturated/α-hetero) is 1. The minimum absolute atomic E-state index is 0.0291. The van der Waals surface area contributed by atoms with Crippen LogP contribution in [-0.2, 0) is 34.1 Å². The van der Waals surface area contributed by atoms with Gasteiger partial charge in [0.2, 0.25) is 12.0 Å². The number of ketones is 1. The third-order valence-electron chi connectivity index (χ3n) is 9.95. The number of carboxylic acid groups (broad SMARTS) is 3. The number of piperazine rings is 1. The van der Waals surface area contributed by atoms with Crippen LogP contribution >= 0.6 is 23.5 Å². The van der Waals surface area contributed by atoms with E-state index in [0.717, 1.165) is 30.3 Å². The molecule has 0 saturated carbocycles. The molecule has 55 heavy (non-hydrogen) atoms. The van der Waals surface area contributed by atoms with Crippen molar-refractivity contribution in [2.24, 2.45) is 5.92 Å². The smallest absolute Gasteiger partial charge is 0.337 e. The van der Waals surface area contributed by atoms with Crippen LogP contribution in [0.4, 0.5) is 11.4 Å². The van der Waals surface area contributed by atoms with Crippen LogP contribution in [0.25, 0.3) is 0 Å². The summed E-state index contributed by atoms with van der Waals surface area (Å²) in [5, 5.41) is 43.2. The summed E-state index contributed by atoms with van der Waals surface area (Å²) in [7, 11) is 3.05. The second-order valence-corrected chi connectivity index (χ2v) is 14.7. The number of nitrogens with zero attached hydrogens (tertiary/aromatic N) is 3. The zero-order valence-electron chi connectivity index (χ0n) is 30.3. The van der Waals surface area contributed by atoms with Crippen molar-refractivity contribution in [2.75, 3.05) is 56.1 Å². The fraction of sp³-hybridized carbons (Fsp3) is 0.395. The number of aliphatic carboxylic acids is 3. The van der Waals surface area contributed by atoms with E-state index in [1.807, 2.05) is 24.3 Å². The first-order valence-electron chi connectivity index (χ1n) is 17.3. The van der Waals surface area contributed by atoms with Gasteiger partial charge in [-0.1, -0.05) is 29.8 Å². The van der Waals surface area contributed by atoms with E-state index < -0.39 is 65.7 Å². The maximum absolute atomic E-state index is 15.5. The second kappa shape index (κ2) is 17.2. The number of fused-ring (bicyclic) bond motifs is 1. The van der Waals surface area contributed by atoms with Gasteiger partial charge in [-0.25, -0.2) is 4.79 Å². The first-order valence-corrected chi connectivity index (χ1v) is 18.4. The van der Waals surface area contributed by atoms with Gasteiger partial charge >= 0.3 is 23.9 Å². The maximum Gasteiger partial charge on any atom is 0.337 e. The number of para-hydroxylation sites is 2. The quantitative estimate of drug-likeness (QED) is 0.126. The lowest BCUT2D eigenvalue weighted by Crippen LogP contribution is -2.64. The monoisotopic (exact) mass is 799 g/mol. The zero-order valence-corrected chi connectivity index (χ0v) is 31.9. The molecule has 0 amide bonds. The normalized spacial score (nSPS) is 20.4. The van der Waals surface area contributed by atoms with Crippen molar-refractivity contribution in [1.29, 1.82) is 0 Å². The molecule has 2 heterocycles. The van der Waals surface area contributed by atoms with E-state index in [-0.39, 0.29) is 21.9 Å². The lowest BCUT2D eigenvalue weighted by Gasteiger charge is -2.44. The van der Waals surface area contributed by atoms with Crippen molar-refractivity contribution in [3.8, 4) is 11.5 Å². The van der Waals surface area contributed by atoms with Crippen LogP contribution in [0, 0.1) is 5.92 Å². The highest BCUT2D eigenvalue weighted by molar-refractivity contribution is 8.00. The molecule has 0 radical (unpaired) electrons. The van der Waals surface area contributed by atoms with Crippen LogP contribution in [0.3, 0.4) is 0 Å². The Labute approximate surface area is 326 Å². The lowest BCUT2D eigenvalue weighted by molar-refractivity contribution is -0.187. The predicted molar refractivity (Wildman–Crippen MR) is 202 cm³/mol. The topological polar surface area (TPSA) is 204 Å². The summed E-state index contributed by atoms with van der Waals surface area (Å²) in [4.78, 5) is 71.2. The summed E-state index contributed by atoms with van der Waals surface area (Å²) in [5.74, 6) is -9.34. The van der Waals surface area contributed by atoms with E-state index in [1.165, 1.54) is 29.6 Å². The predicted octanol–water partition coefficient (Wildman–Crippen LogP) is 4.17. The van der Waals surface area contributed by atoms with Crippen molar-refractivity contribution < 1.29 is 58.6 Å². The highest BCUT2D eigenvalue weighted by Gasteiger charge is 2.66. The summed E-state index contributed by atoms with van der Waals surface area (Å²) in [6.45, 7) is 3.73. The third-order valence-corrected chi connectivity index (χ3v) is 11.3. The standard InChI is InChI=1S/C38H42ClN3O12S/c1-23(43)54-34-33(46)37(32(35(47)48)38(51,36(49)50)22-31(44)45,15-6-16-40-17-19-41(20-18-40)28-7-4-5-8-29(28)53-3)27-14-9-24(39)21-30(27)55-42(34)25-10-12-26(52-2)13-11-25/h4-5,7-14,21,32,34,51H,6,15-20,22H2,1-3H3,(H,44,45)(H,47,48)(H,49,50)/t32-,34+,37-,38?/m0/s1. The molecule has 0 bridgehead atoms. The van der Waals surface area contributed by atoms with Crippen molar-refractivity contribution >= 4 is 64.6 Å². The number of aliphatic hydroxyl groups is 1. The molecule has 0 aliphatic carbocycles. The number of hydrogen-bond donors (Lipinski definition) is 4. The molecule has 4 atom stereocenters. The largest absolute Gasteiger partial charge is 0.497 e. The number of anilines is 2. The summed E-state index contributed by atoms with van der Waals surface area (Å²) in [6.07, 6.45) is -3.77. The number of carbonyl (C=O) groups excluding carboxylic acids is 2. The van der Waals surface area contributed by atoms with Crippen molar-refractivity contribution in [1.82, 2.24) is 4.90 Å². The summed E-state index contributed by atoms with van der Waals surface area (Å²) in [5.41, 5.74) is -4.81. The number of carboxylic acids is 3. The average Bonchev–Trinajstić information content (AvgIpc) is 3.23. The van der Waals surface area contributed by atoms with Gasteiger partial charge in [0, 0.05) is 43.0 Å². The molecule has 0 aromatic heterocycles. The first kappa shape index (κ1) is 41.1. The van der Waals surface area contributed by atoms with Crippen LogP contribution in [0.2, 0.25) is 5.02 Å². The number of rotatable bonds is 15. The van der Waals surface area contributed by atoms with Gasteiger partial charge in [-0.05, 0) is 85.4 Å². The second-order valence-electron chi connectivity index (χ2n) is 13.2. The van der Waals surface area contributed by atoms with Gasteiger partial charge < -0.3 is 39.5 Å². The Kier molecular flexibility index (Phi) is 12.9. The van der Waals surface area contributed by atoms with E-state index in [1.54, 1.807) is 31.4 Å². The molecule has 1 saturated heterocycles. The Hall–Kier alpha value is -5.03. The van der Waals surface area contributed by atoms with E-state index in [0.29, 0.717) is 44.2 Å². The van der Waals surface area contributed by atoms with Crippen LogP contribution < -0.4 is 18.7 Å². The van der Waals surface area contributed by atoms with Crippen LogP contribution in [0.5, 0.6) is 11.5 Å². The fourth-order valence-electron chi connectivity index (χ4n) is 7.47. The molecule has 0 spiro atoms. The highest BCUT2D eigenvalue weighted by atomic mass is 35.5. The van der Waals surface area contributed by atoms with Gasteiger partial charge in [0.25, 0.3) is 0 Å². The number of methoxy groups -OCH3 is 2. The van der Waals surface area contributed by atoms with Gasteiger partial charge in [-0.3, -0.25) is 28.4 Å². The number of ether oxygens (including phenoxy) is 3. The van der Waals surface area contributed by atoms with E-state index in [9.17, 15) is 39.6 Å². The molecular formula is C38H42ClN3O12S. The Morgan fingerprint density at radius 2 is 1.64 bits per heavy atom. The van der Waals surface area contributed by atoms with E-state index in [4.69, 9.17) is 25.8 Å². The molecule has 2 aliphatic rings. The number of carbonyl (C=O) groups is 5. The van der Waals surface area contributed by atoms with Crippen LogP contribution in [0.1, 0.15) is 31.7 Å². The van der Waals surface area contributed by atoms with Crippen molar-refractivity contribution in [2.45, 2.75) is 48.3 Å². The number of hydrogen-bond acceptors (Lipinski definition) is 13. The summed E-state index contributed by atoms with van der Waals surface area (Å²) < 4.78 is 17.8. The highest BCUT2D eigenvalue weighted by Crippen LogP contribution is 2.53. The molecule has 1 unspecified atom stereocenters. The fourth-order valence-corrected chi connectivity index (χ4v) is 8.91. The Morgan fingerprint density at radius 3 is 2.22 bits per heavy atom. The number of halogens is 1. The summed E-state index contributed by atoms with van der Waals surface area (Å²) in [6, 6.07) is 18.2. The van der Waals surface area contributed by atoms with E-state index >= 15 is 4.79 Å². The minimum Gasteiger partial charge on any atom is -0.497 e. The van der Waals surface area contributed by atoms with Crippen LogP contribution in [0.15, 0.2) is 71.6 Å². The molecule has 1 fully saturated rings. The molecule has 4 N–H and O–H groups in total.